The zero-order valence-corrected chi connectivity index (χ0v) is 11.8. The van der Waals surface area contributed by atoms with Crippen LogP contribution in [0.3, 0.4) is 0 Å². The molecule has 0 saturated carbocycles. The topological polar surface area (TPSA) is 82.7 Å². The molecule has 3 amide bonds. The summed E-state index contributed by atoms with van der Waals surface area (Å²) in [5.41, 5.74) is 0.880. The van der Waals surface area contributed by atoms with Gasteiger partial charge >= 0.3 is 6.03 Å². The van der Waals surface area contributed by atoms with Crippen LogP contribution in [0, 0.1) is 0 Å². The molecule has 21 heavy (non-hydrogen) atoms. The van der Waals surface area contributed by atoms with Crippen LogP contribution in [0.2, 0.25) is 0 Å². The van der Waals surface area contributed by atoms with E-state index in [9.17, 15) is 9.59 Å². The first kappa shape index (κ1) is 14.1. The van der Waals surface area contributed by atoms with Gasteiger partial charge in [0.15, 0.2) is 0 Å². The molecule has 0 spiro atoms. The lowest BCUT2D eigenvalue weighted by atomic mass is 10.1. The molecule has 3 N–H and O–H groups in total. The fraction of sp³-hybridized carbons (Fsp3) is 0.571. The lowest BCUT2D eigenvalue weighted by Crippen LogP contribution is -2.39. The zero-order valence-electron chi connectivity index (χ0n) is 11.8. The minimum atomic E-state index is -0.331. The van der Waals surface area contributed by atoms with Crippen molar-refractivity contribution in [3.63, 3.8) is 0 Å². The Morgan fingerprint density at radius 1 is 1.29 bits per heavy atom. The van der Waals surface area contributed by atoms with Crippen molar-refractivity contribution < 1.29 is 14.3 Å². The molecule has 0 aromatic heterocycles. The molecule has 114 valence electrons. The molecular weight excluding hydrogens is 272 g/mol. The van der Waals surface area contributed by atoms with Crippen molar-refractivity contribution in [3.8, 4) is 0 Å². The predicted molar refractivity (Wildman–Crippen MR) is 76.2 cm³/mol. The number of hydrogen-bond donors (Lipinski definition) is 3. The SMILES string of the molecule is O=C1CNC(=O)N1CC1=CNC(OC2CCNCC2)C=C1. The van der Waals surface area contributed by atoms with E-state index in [4.69, 9.17) is 4.74 Å². The average molecular weight is 292 g/mol. The molecule has 3 rings (SSSR count). The third kappa shape index (κ3) is 3.43. The summed E-state index contributed by atoms with van der Waals surface area (Å²) in [6.07, 6.45) is 7.81. The maximum atomic E-state index is 11.5. The Bertz CT molecular complexity index is 467. The smallest absolute Gasteiger partial charge is 0.324 e. The number of urea groups is 1. The van der Waals surface area contributed by atoms with Crippen molar-refractivity contribution in [2.75, 3.05) is 26.2 Å². The fourth-order valence-corrected chi connectivity index (χ4v) is 2.62. The summed E-state index contributed by atoms with van der Waals surface area (Å²) in [6, 6.07) is -0.331. The van der Waals surface area contributed by atoms with E-state index >= 15 is 0 Å². The van der Waals surface area contributed by atoms with Crippen LogP contribution in [0.1, 0.15) is 12.8 Å². The summed E-state index contributed by atoms with van der Waals surface area (Å²) in [6.45, 7) is 2.36. The van der Waals surface area contributed by atoms with E-state index in [1.54, 1.807) is 0 Å². The molecule has 0 radical (unpaired) electrons. The molecule has 3 aliphatic rings. The van der Waals surface area contributed by atoms with Crippen molar-refractivity contribution in [3.05, 3.63) is 23.9 Å². The van der Waals surface area contributed by atoms with Gasteiger partial charge in [-0.25, -0.2) is 4.79 Å². The Balaban J connectivity index is 1.49. The highest BCUT2D eigenvalue weighted by atomic mass is 16.5. The molecule has 0 aliphatic carbocycles. The van der Waals surface area contributed by atoms with E-state index in [1.165, 1.54) is 4.90 Å². The minimum Gasteiger partial charge on any atom is -0.363 e. The highest BCUT2D eigenvalue weighted by Gasteiger charge is 2.29. The fourth-order valence-electron chi connectivity index (χ4n) is 2.62. The van der Waals surface area contributed by atoms with Gasteiger partial charge in [0, 0.05) is 6.20 Å². The average Bonchev–Trinajstić information content (AvgIpc) is 2.82. The molecule has 1 atom stereocenters. The van der Waals surface area contributed by atoms with Crippen LogP contribution in [0.15, 0.2) is 23.9 Å². The first-order valence-electron chi connectivity index (χ1n) is 7.30. The number of rotatable bonds is 4. The van der Waals surface area contributed by atoms with Crippen LogP contribution < -0.4 is 16.0 Å². The predicted octanol–water partition coefficient (Wildman–Crippen LogP) is -0.324. The number of hydrogen-bond acceptors (Lipinski definition) is 5. The van der Waals surface area contributed by atoms with Gasteiger partial charge in [-0.1, -0.05) is 6.08 Å². The molecule has 7 heteroatoms. The Morgan fingerprint density at radius 2 is 2.10 bits per heavy atom. The first-order chi connectivity index (χ1) is 10.2. The third-order valence-electron chi connectivity index (χ3n) is 3.82. The van der Waals surface area contributed by atoms with Gasteiger partial charge in [-0.3, -0.25) is 9.69 Å². The van der Waals surface area contributed by atoms with E-state index in [0.29, 0.717) is 0 Å². The second kappa shape index (κ2) is 6.28. The van der Waals surface area contributed by atoms with Crippen LogP contribution in [0.5, 0.6) is 0 Å². The van der Waals surface area contributed by atoms with Crippen molar-refractivity contribution in [2.24, 2.45) is 0 Å². The van der Waals surface area contributed by atoms with Crippen molar-refractivity contribution in [1.29, 1.82) is 0 Å². The monoisotopic (exact) mass is 292 g/mol. The van der Waals surface area contributed by atoms with Gasteiger partial charge in [0.1, 0.15) is 6.23 Å². The summed E-state index contributed by atoms with van der Waals surface area (Å²) in [7, 11) is 0. The highest BCUT2D eigenvalue weighted by Crippen LogP contribution is 2.14. The van der Waals surface area contributed by atoms with Gasteiger partial charge < -0.3 is 20.7 Å². The first-order valence-corrected chi connectivity index (χ1v) is 7.30. The zero-order chi connectivity index (χ0) is 14.7. The number of nitrogens with one attached hydrogen (secondary N) is 3. The van der Waals surface area contributed by atoms with Gasteiger partial charge in [0.2, 0.25) is 5.91 Å². The van der Waals surface area contributed by atoms with E-state index in [1.807, 2.05) is 18.4 Å². The summed E-state index contributed by atoms with van der Waals surface area (Å²) >= 11 is 0. The molecular formula is C14H20N4O3. The normalized spacial score (nSPS) is 26.6. The maximum Gasteiger partial charge on any atom is 0.324 e. The lowest BCUT2D eigenvalue weighted by molar-refractivity contribution is -0.124. The number of carbonyl (C=O) groups is 2. The van der Waals surface area contributed by atoms with E-state index in [0.717, 1.165) is 31.5 Å². The van der Waals surface area contributed by atoms with E-state index < -0.39 is 0 Å². The number of piperidine rings is 1. The van der Waals surface area contributed by atoms with Gasteiger partial charge in [0.25, 0.3) is 0 Å². The van der Waals surface area contributed by atoms with Gasteiger partial charge in [0.05, 0.1) is 19.2 Å². The number of dihydropyridines is 1. The van der Waals surface area contributed by atoms with Crippen molar-refractivity contribution in [1.82, 2.24) is 20.9 Å². The Hall–Kier alpha value is -1.86. The van der Waals surface area contributed by atoms with Crippen LogP contribution in [-0.4, -0.2) is 55.3 Å². The summed E-state index contributed by atoms with van der Waals surface area (Å²) in [5, 5.41) is 8.97. The molecule has 3 aliphatic heterocycles. The van der Waals surface area contributed by atoms with E-state index in [-0.39, 0.29) is 37.4 Å². The molecule has 7 nitrogen and oxygen atoms in total. The van der Waals surface area contributed by atoms with Crippen LogP contribution in [0.4, 0.5) is 4.79 Å². The summed E-state index contributed by atoms with van der Waals surface area (Å²) in [4.78, 5) is 24.2. The number of imide groups is 1. The van der Waals surface area contributed by atoms with Gasteiger partial charge in [-0.05, 0) is 37.6 Å². The molecule has 1 unspecified atom stereocenters. The highest BCUT2D eigenvalue weighted by molar-refractivity contribution is 6.02. The number of amides is 3. The number of ether oxygens (including phenoxy) is 1. The lowest BCUT2D eigenvalue weighted by Gasteiger charge is -2.28. The standard InChI is InChI=1S/C14H20N4O3/c19-13-8-17-14(20)18(13)9-10-1-2-12(16-7-10)21-11-3-5-15-6-4-11/h1-2,7,11-12,15-16H,3-6,8-9H2,(H,17,20). The quantitative estimate of drug-likeness (QED) is 0.618. The largest absolute Gasteiger partial charge is 0.363 e. The maximum absolute atomic E-state index is 11.5. The number of nitrogens with zero attached hydrogens (tertiary/aromatic N) is 1. The van der Waals surface area contributed by atoms with Crippen LogP contribution >= 0.6 is 0 Å². The second-order valence-electron chi connectivity index (χ2n) is 5.39. The number of carbonyl (C=O) groups excluding carboxylic acids is 2. The molecule has 2 saturated heterocycles. The molecule has 0 aromatic carbocycles. The molecule has 2 fully saturated rings. The molecule has 0 aromatic rings. The molecule has 0 bridgehead atoms. The van der Waals surface area contributed by atoms with Gasteiger partial charge in [-0.2, -0.15) is 0 Å². The summed E-state index contributed by atoms with van der Waals surface area (Å²) < 4.78 is 5.95. The van der Waals surface area contributed by atoms with Crippen molar-refractivity contribution in [2.45, 2.75) is 25.2 Å². The summed E-state index contributed by atoms with van der Waals surface area (Å²) in [5.74, 6) is -0.192. The Morgan fingerprint density at radius 3 is 2.71 bits per heavy atom. The molecule has 3 heterocycles. The van der Waals surface area contributed by atoms with Crippen molar-refractivity contribution >= 4 is 11.9 Å². The minimum absolute atomic E-state index is 0.0880. The Labute approximate surface area is 123 Å². The third-order valence-corrected chi connectivity index (χ3v) is 3.82. The van der Waals surface area contributed by atoms with Crippen LogP contribution in [0.25, 0.3) is 0 Å². The van der Waals surface area contributed by atoms with Crippen LogP contribution in [-0.2, 0) is 9.53 Å². The van der Waals surface area contributed by atoms with Gasteiger partial charge in [-0.15, -0.1) is 0 Å². The van der Waals surface area contributed by atoms with E-state index in [2.05, 4.69) is 16.0 Å². The second-order valence-corrected chi connectivity index (χ2v) is 5.39. The Kier molecular flexibility index (Phi) is 4.21.